The van der Waals surface area contributed by atoms with Gasteiger partial charge < -0.3 is 19.2 Å². The first-order valence-corrected chi connectivity index (χ1v) is 9.66. The van der Waals surface area contributed by atoms with Gasteiger partial charge in [0.15, 0.2) is 13.2 Å². The average molecular weight is 421 g/mol. The minimum absolute atomic E-state index is 0.209. The zero-order chi connectivity index (χ0) is 22.4. The number of rotatable bonds is 8. The number of hydrogen-bond donors (Lipinski definition) is 1. The van der Waals surface area contributed by atoms with Gasteiger partial charge in [0.05, 0.1) is 18.4 Å². The number of hydrogen-bond acceptors (Lipinski definition) is 6. The SMILES string of the molecule is COC(=O)c1c(C)[nH]c(C(=O)COC(=O)COc2ccccc2-c2ccccc2)c1C. The highest BCUT2D eigenvalue weighted by Crippen LogP contribution is 2.29. The van der Waals surface area contributed by atoms with Crippen LogP contribution < -0.4 is 4.74 Å². The third-order valence-corrected chi connectivity index (χ3v) is 4.79. The van der Waals surface area contributed by atoms with E-state index in [2.05, 4.69) is 4.98 Å². The van der Waals surface area contributed by atoms with Gasteiger partial charge in [0, 0.05) is 11.3 Å². The Morgan fingerprint density at radius 3 is 2.29 bits per heavy atom. The predicted molar refractivity (Wildman–Crippen MR) is 114 cm³/mol. The molecule has 0 fully saturated rings. The molecule has 160 valence electrons. The molecule has 0 aliphatic carbocycles. The number of para-hydroxylation sites is 1. The van der Waals surface area contributed by atoms with Gasteiger partial charge in [0.1, 0.15) is 5.75 Å². The number of ether oxygens (including phenoxy) is 3. The lowest BCUT2D eigenvalue weighted by Crippen LogP contribution is -2.20. The number of ketones is 1. The molecule has 2 aromatic carbocycles. The van der Waals surface area contributed by atoms with E-state index in [4.69, 9.17) is 14.2 Å². The molecule has 1 N–H and O–H groups in total. The molecular weight excluding hydrogens is 398 g/mol. The Labute approximate surface area is 179 Å². The molecule has 7 heteroatoms. The van der Waals surface area contributed by atoms with Crippen LogP contribution in [0.3, 0.4) is 0 Å². The first-order valence-electron chi connectivity index (χ1n) is 9.66. The van der Waals surface area contributed by atoms with Crippen molar-refractivity contribution in [1.82, 2.24) is 4.98 Å². The maximum absolute atomic E-state index is 12.5. The topological polar surface area (TPSA) is 94.7 Å². The number of Topliss-reactive ketones (excluding diaryl/α,β-unsaturated/α-hetero) is 1. The molecule has 0 atom stereocenters. The highest BCUT2D eigenvalue weighted by Gasteiger charge is 2.23. The van der Waals surface area contributed by atoms with Crippen LogP contribution in [-0.4, -0.2) is 43.0 Å². The van der Waals surface area contributed by atoms with Crippen molar-refractivity contribution in [3.63, 3.8) is 0 Å². The number of aromatic nitrogens is 1. The molecule has 7 nitrogen and oxygen atoms in total. The third kappa shape index (κ3) is 5.01. The van der Waals surface area contributed by atoms with Crippen LogP contribution in [0.4, 0.5) is 0 Å². The molecule has 3 rings (SSSR count). The Morgan fingerprint density at radius 2 is 1.58 bits per heavy atom. The Hall–Kier alpha value is -3.87. The van der Waals surface area contributed by atoms with Gasteiger partial charge in [-0.2, -0.15) is 0 Å². The fourth-order valence-electron chi connectivity index (χ4n) is 3.28. The lowest BCUT2D eigenvalue weighted by atomic mass is 10.1. The summed E-state index contributed by atoms with van der Waals surface area (Å²) in [6.45, 7) is 2.49. The second-order valence-electron chi connectivity index (χ2n) is 6.85. The van der Waals surface area contributed by atoms with Gasteiger partial charge in [-0.15, -0.1) is 0 Å². The second-order valence-corrected chi connectivity index (χ2v) is 6.85. The van der Waals surface area contributed by atoms with Crippen LogP contribution in [0.5, 0.6) is 5.75 Å². The van der Waals surface area contributed by atoms with Gasteiger partial charge in [-0.25, -0.2) is 9.59 Å². The summed E-state index contributed by atoms with van der Waals surface area (Å²) in [5, 5.41) is 0. The van der Waals surface area contributed by atoms with Gasteiger partial charge in [0.2, 0.25) is 5.78 Å². The van der Waals surface area contributed by atoms with E-state index in [-0.39, 0.29) is 12.3 Å². The smallest absolute Gasteiger partial charge is 0.344 e. The number of carbonyl (C=O) groups excluding carboxylic acids is 3. The molecule has 1 heterocycles. The van der Waals surface area contributed by atoms with Crippen molar-refractivity contribution < 1.29 is 28.6 Å². The minimum Gasteiger partial charge on any atom is -0.481 e. The molecule has 0 spiro atoms. The van der Waals surface area contributed by atoms with Crippen LogP contribution in [0, 0.1) is 13.8 Å². The average Bonchev–Trinajstić information content (AvgIpc) is 3.10. The zero-order valence-corrected chi connectivity index (χ0v) is 17.6. The summed E-state index contributed by atoms with van der Waals surface area (Å²) in [4.78, 5) is 39.3. The molecule has 0 unspecified atom stereocenters. The van der Waals surface area contributed by atoms with Gasteiger partial charge in [-0.1, -0.05) is 48.5 Å². The van der Waals surface area contributed by atoms with Crippen molar-refractivity contribution in [3.05, 3.63) is 77.1 Å². The third-order valence-electron chi connectivity index (χ3n) is 4.79. The van der Waals surface area contributed by atoms with Crippen molar-refractivity contribution in [1.29, 1.82) is 0 Å². The summed E-state index contributed by atoms with van der Waals surface area (Å²) in [5.41, 5.74) is 3.29. The largest absolute Gasteiger partial charge is 0.481 e. The number of methoxy groups -OCH3 is 1. The monoisotopic (exact) mass is 421 g/mol. The highest BCUT2D eigenvalue weighted by atomic mass is 16.6. The van der Waals surface area contributed by atoms with Crippen molar-refractivity contribution in [2.24, 2.45) is 0 Å². The molecule has 0 amide bonds. The van der Waals surface area contributed by atoms with E-state index in [0.29, 0.717) is 22.6 Å². The number of aromatic amines is 1. The fraction of sp³-hybridized carbons (Fsp3) is 0.208. The first-order chi connectivity index (χ1) is 14.9. The molecule has 1 aromatic heterocycles. The molecule has 0 radical (unpaired) electrons. The van der Waals surface area contributed by atoms with E-state index in [0.717, 1.165) is 11.1 Å². The van der Waals surface area contributed by atoms with Crippen molar-refractivity contribution in [2.75, 3.05) is 20.3 Å². The molecule has 0 aliphatic rings. The molecule has 0 saturated carbocycles. The summed E-state index contributed by atoms with van der Waals surface area (Å²) in [6.07, 6.45) is 0. The van der Waals surface area contributed by atoms with E-state index in [9.17, 15) is 14.4 Å². The normalized spacial score (nSPS) is 10.4. The Balaban J connectivity index is 1.60. The zero-order valence-electron chi connectivity index (χ0n) is 17.6. The van der Waals surface area contributed by atoms with E-state index in [1.54, 1.807) is 19.9 Å². The lowest BCUT2D eigenvalue weighted by Gasteiger charge is -2.11. The van der Waals surface area contributed by atoms with Gasteiger partial charge in [0.25, 0.3) is 0 Å². The van der Waals surface area contributed by atoms with Crippen molar-refractivity contribution in [2.45, 2.75) is 13.8 Å². The number of aryl methyl sites for hydroxylation is 1. The Kier molecular flexibility index (Phi) is 6.87. The van der Waals surface area contributed by atoms with E-state index in [1.807, 2.05) is 48.5 Å². The fourth-order valence-corrected chi connectivity index (χ4v) is 3.28. The summed E-state index contributed by atoms with van der Waals surface area (Å²) in [5.74, 6) is -1.12. The first kappa shape index (κ1) is 21.8. The van der Waals surface area contributed by atoms with Gasteiger partial charge in [-0.05, 0) is 31.0 Å². The summed E-state index contributed by atoms with van der Waals surface area (Å²) in [6, 6.07) is 17.0. The molecule has 3 aromatic rings. The van der Waals surface area contributed by atoms with Crippen LogP contribution in [0.1, 0.15) is 32.1 Å². The van der Waals surface area contributed by atoms with Gasteiger partial charge >= 0.3 is 11.9 Å². The minimum atomic E-state index is -0.676. The number of carbonyl (C=O) groups is 3. The van der Waals surface area contributed by atoms with Crippen LogP contribution >= 0.6 is 0 Å². The van der Waals surface area contributed by atoms with Crippen LogP contribution in [0.25, 0.3) is 11.1 Å². The Morgan fingerprint density at radius 1 is 0.903 bits per heavy atom. The quantitative estimate of drug-likeness (QED) is 0.438. The second kappa shape index (κ2) is 9.75. The van der Waals surface area contributed by atoms with E-state index in [1.165, 1.54) is 7.11 Å². The maximum Gasteiger partial charge on any atom is 0.344 e. The summed E-state index contributed by atoms with van der Waals surface area (Å²) < 4.78 is 15.4. The number of nitrogens with one attached hydrogen (secondary N) is 1. The molecule has 0 saturated heterocycles. The number of H-pyrrole nitrogens is 1. The molecule has 31 heavy (non-hydrogen) atoms. The van der Waals surface area contributed by atoms with E-state index >= 15 is 0 Å². The number of benzene rings is 2. The number of esters is 2. The summed E-state index contributed by atoms with van der Waals surface area (Å²) >= 11 is 0. The maximum atomic E-state index is 12.5. The van der Waals surface area contributed by atoms with Crippen LogP contribution in [0.15, 0.2) is 54.6 Å². The van der Waals surface area contributed by atoms with Crippen molar-refractivity contribution >= 4 is 17.7 Å². The summed E-state index contributed by atoms with van der Waals surface area (Å²) in [7, 11) is 1.27. The molecule has 0 bridgehead atoms. The van der Waals surface area contributed by atoms with Gasteiger partial charge in [-0.3, -0.25) is 4.79 Å². The predicted octanol–water partition coefficient (Wildman–Crippen LogP) is 3.89. The Bertz CT molecular complexity index is 1100. The van der Waals surface area contributed by atoms with Crippen molar-refractivity contribution in [3.8, 4) is 16.9 Å². The molecular formula is C24H23NO6. The standard InChI is InChI=1S/C24H23NO6/c1-15-22(24(28)29-3)16(2)25-23(15)19(26)13-31-21(27)14-30-20-12-8-7-11-18(20)17-9-5-4-6-10-17/h4-12,25H,13-14H2,1-3H3. The molecule has 0 aliphatic heterocycles. The van der Waals surface area contributed by atoms with Crippen LogP contribution in [-0.2, 0) is 14.3 Å². The highest BCUT2D eigenvalue weighted by molar-refractivity contribution is 6.02. The lowest BCUT2D eigenvalue weighted by molar-refractivity contribution is -0.144. The van der Waals surface area contributed by atoms with E-state index < -0.39 is 24.3 Å². The van der Waals surface area contributed by atoms with Crippen LogP contribution in [0.2, 0.25) is 0 Å².